The van der Waals surface area contributed by atoms with Crippen LogP contribution in [0, 0.1) is 0 Å². The highest BCUT2D eigenvalue weighted by Gasteiger charge is 2.27. The molecule has 2 aliphatic heterocycles. The summed E-state index contributed by atoms with van der Waals surface area (Å²) in [5.41, 5.74) is 3.87. The minimum absolute atomic E-state index is 0.142. The van der Waals surface area contributed by atoms with Gasteiger partial charge in [-0.25, -0.2) is 4.79 Å². The summed E-state index contributed by atoms with van der Waals surface area (Å²) in [6.45, 7) is 2.88. The highest BCUT2D eigenvalue weighted by molar-refractivity contribution is 5.89. The van der Waals surface area contributed by atoms with Gasteiger partial charge in [0.25, 0.3) is 0 Å². The lowest BCUT2D eigenvalue weighted by Crippen LogP contribution is -2.39. The number of rotatable bonds is 5. The van der Waals surface area contributed by atoms with Crippen molar-refractivity contribution in [2.75, 3.05) is 32.1 Å². The van der Waals surface area contributed by atoms with Gasteiger partial charge >= 0.3 is 6.03 Å². The molecule has 1 aromatic carbocycles. The standard InChI is InChI=1S/C22H29N5O3/c1-25-20-10-13-27(22(29)23-16-6-5-7-17(14-16)30-2)15-18(20)19(24-25)8-9-21(28)26-11-3-4-12-26/h5-7,14H,3-4,8-13,15H2,1-2H3,(H,23,29). The van der Waals surface area contributed by atoms with Crippen LogP contribution >= 0.6 is 0 Å². The Morgan fingerprint density at radius 2 is 1.97 bits per heavy atom. The van der Waals surface area contributed by atoms with E-state index in [-0.39, 0.29) is 11.9 Å². The number of anilines is 1. The van der Waals surface area contributed by atoms with Gasteiger partial charge in [-0.15, -0.1) is 0 Å². The number of carbonyl (C=O) groups is 2. The van der Waals surface area contributed by atoms with E-state index in [1.165, 1.54) is 0 Å². The van der Waals surface area contributed by atoms with Crippen LogP contribution in [-0.2, 0) is 31.2 Å². The molecule has 0 atom stereocenters. The van der Waals surface area contributed by atoms with E-state index in [1.54, 1.807) is 18.1 Å². The maximum atomic E-state index is 12.8. The summed E-state index contributed by atoms with van der Waals surface area (Å²) in [7, 11) is 3.54. The third kappa shape index (κ3) is 4.27. The zero-order valence-electron chi connectivity index (χ0n) is 17.7. The molecule has 0 aliphatic carbocycles. The summed E-state index contributed by atoms with van der Waals surface area (Å²) >= 11 is 0. The van der Waals surface area contributed by atoms with E-state index in [1.807, 2.05) is 34.8 Å². The first-order valence-electron chi connectivity index (χ1n) is 10.6. The molecule has 0 unspecified atom stereocenters. The van der Waals surface area contributed by atoms with Crippen LogP contribution in [0.15, 0.2) is 24.3 Å². The van der Waals surface area contributed by atoms with Crippen LogP contribution in [0.4, 0.5) is 10.5 Å². The molecule has 30 heavy (non-hydrogen) atoms. The number of hydrogen-bond donors (Lipinski definition) is 1. The second-order valence-corrected chi connectivity index (χ2v) is 7.92. The lowest BCUT2D eigenvalue weighted by Gasteiger charge is -2.28. The normalized spacial score (nSPS) is 15.8. The van der Waals surface area contributed by atoms with E-state index in [4.69, 9.17) is 4.74 Å². The Bertz CT molecular complexity index is 933. The molecule has 0 radical (unpaired) electrons. The highest BCUT2D eigenvalue weighted by Crippen LogP contribution is 2.25. The summed E-state index contributed by atoms with van der Waals surface area (Å²) in [5.74, 6) is 0.904. The number of urea groups is 1. The van der Waals surface area contributed by atoms with Crippen LogP contribution in [0.5, 0.6) is 5.75 Å². The number of methoxy groups -OCH3 is 1. The van der Waals surface area contributed by atoms with Crippen LogP contribution < -0.4 is 10.1 Å². The first-order valence-corrected chi connectivity index (χ1v) is 10.6. The summed E-state index contributed by atoms with van der Waals surface area (Å²) in [5, 5.41) is 7.61. The highest BCUT2D eigenvalue weighted by atomic mass is 16.5. The molecule has 3 amide bonds. The number of nitrogens with zero attached hydrogens (tertiary/aromatic N) is 4. The third-order valence-electron chi connectivity index (χ3n) is 5.97. The number of nitrogens with one attached hydrogen (secondary N) is 1. The molecule has 4 rings (SSSR count). The van der Waals surface area contributed by atoms with Gasteiger partial charge in [-0.05, 0) is 25.0 Å². The number of fused-ring (bicyclic) bond motifs is 1. The molecule has 0 saturated carbocycles. The lowest BCUT2D eigenvalue weighted by atomic mass is 10.0. The van der Waals surface area contributed by atoms with E-state index >= 15 is 0 Å². The molecule has 1 saturated heterocycles. The molecule has 3 heterocycles. The topological polar surface area (TPSA) is 79.7 Å². The first-order chi connectivity index (χ1) is 14.5. The molecule has 160 valence electrons. The molecule has 2 aromatic rings. The summed E-state index contributed by atoms with van der Waals surface area (Å²) in [6, 6.07) is 7.19. The van der Waals surface area contributed by atoms with E-state index in [0.29, 0.717) is 37.4 Å². The number of benzene rings is 1. The molecule has 1 fully saturated rings. The zero-order valence-corrected chi connectivity index (χ0v) is 17.7. The van der Waals surface area contributed by atoms with E-state index in [0.717, 1.165) is 49.3 Å². The molecule has 1 N–H and O–H groups in total. The lowest BCUT2D eigenvalue weighted by molar-refractivity contribution is -0.130. The van der Waals surface area contributed by atoms with Gasteiger partial charge in [0.05, 0.1) is 19.3 Å². The summed E-state index contributed by atoms with van der Waals surface area (Å²) < 4.78 is 7.13. The van der Waals surface area contributed by atoms with Gasteiger partial charge in [0.2, 0.25) is 5.91 Å². The number of amides is 3. The zero-order chi connectivity index (χ0) is 21.1. The number of ether oxygens (including phenoxy) is 1. The van der Waals surface area contributed by atoms with Gasteiger partial charge in [0.1, 0.15) is 5.75 Å². The Kier molecular flexibility index (Phi) is 5.92. The predicted octanol–water partition coefficient (Wildman–Crippen LogP) is 2.57. The maximum Gasteiger partial charge on any atom is 0.322 e. The number of likely N-dealkylation sites (tertiary alicyclic amines) is 1. The van der Waals surface area contributed by atoms with E-state index in [2.05, 4.69) is 10.4 Å². The van der Waals surface area contributed by atoms with Gasteiger partial charge in [0.15, 0.2) is 0 Å². The van der Waals surface area contributed by atoms with Crippen LogP contribution in [0.25, 0.3) is 0 Å². The number of carbonyl (C=O) groups excluding carboxylic acids is 2. The number of aryl methyl sites for hydroxylation is 2. The molecule has 8 nitrogen and oxygen atoms in total. The quantitative estimate of drug-likeness (QED) is 0.820. The maximum absolute atomic E-state index is 12.8. The van der Waals surface area contributed by atoms with Crippen LogP contribution in [0.2, 0.25) is 0 Å². The second kappa shape index (κ2) is 8.77. The molecule has 8 heteroatoms. The molecular formula is C22H29N5O3. The summed E-state index contributed by atoms with van der Waals surface area (Å²) in [6.07, 6.45) is 4.04. The Labute approximate surface area is 176 Å². The fourth-order valence-electron chi connectivity index (χ4n) is 4.30. The fourth-order valence-corrected chi connectivity index (χ4v) is 4.30. The Morgan fingerprint density at radius 1 is 1.17 bits per heavy atom. The van der Waals surface area contributed by atoms with Crippen molar-refractivity contribution >= 4 is 17.6 Å². The molecule has 1 aromatic heterocycles. The van der Waals surface area contributed by atoms with Crippen molar-refractivity contribution in [3.8, 4) is 5.75 Å². The van der Waals surface area contributed by atoms with Crippen molar-refractivity contribution in [2.45, 2.75) is 38.6 Å². The Hall–Kier alpha value is -3.03. The second-order valence-electron chi connectivity index (χ2n) is 7.92. The van der Waals surface area contributed by atoms with Gasteiger partial charge in [-0.2, -0.15) is 5.10 Å². The largest absolute Gasteiger partial charge is 0.497 e. The van der Waals surface area contributed by atoms with Crippen molar-refractivity contribution in [3.05, 3.63) is 41.2 Å². The van der Waals surface area contributed by atoms with Crippen molar-refractivity contribution in [3.63, 3.8) is 0 Å². The minimum atomic E-state index is -0.142. The van der Waals surface area contributed by atoms with E-state index < -0.39 is 0 Å². The number of hydrogen-bond acceptors (Lipinski definition) is 4. The SMILES string of the molecule is COc1cccc(NC(=O)N2CCc3c(c(CCC(=O)N4CCCC4)nn3C)C2)c1. The number of aromatic nitrogens is 2. The van der Waals surface area contributed by atoms with Gasteiger partial charge in [-0.1, -0.05) is 6.07 Å². The monoisotopic (exact) mass is 411 g/mol. The molecule has 0 bridgehead atoms. The fraction of sp³-hybridized carbons (Fsp3) is 0.500. The smallest absolute Gasteiger partial charge is 0.322 e. The van der Waals surface area contributed by atoms with Crippen molar-refractivity contribution in [2.24, 2.45) is 7.05 Å². The van der Waals surface area contributed by atoms with E-state index in [9.17, 15) is 9.59 Å². The van der Waals surface area contributed by atoms with Crippen LogP contribution in [-0.4, -0.2) is 58.3 Å². The average molecular weight is 412 g/mol. The van der Waals surface area contributed by atoms with Crippen molar-refractivity contribution < 1.29 is 14.3 Å². The van der Waals surface area contributed by atoms with Gasteiger partial charge in [-0.3, -0.25) is 9.48 Å². The van der Waals surface area contributed by atoms with Crippen LogP contribution in [0.1, 0.15) is 36.2 Å². The molecule has 0 spiro atoms. The first kappa shape index (κ1) is 20.3. The Balaban J connectivity index is 1.42. The van der Waals surface area contributed by atoms with Crippen molar-refractivity contribution in [1.29, 1.82) is 0 Å². The van der Waals surface area contributed by atoms with Crippen molar-refractivity contribution in [1.82, 2.24) is 19.6 Å². The Morgan fingerprint density at radius 3 is 2.73 bits per heavy atom. The third-order valence-corrected chi connectivity index (χ3v) is 5.97. The minimum Gasteiger partial charge on any atom is -0.497 e. The molecule has 2 aliphatic rings. The van der Waals surface area contributed by atoms with Crippen LogP contribution in [0.3, 0.4) is 0 Å². The predicted molar refractivity (Wildman–Crippen MR) is 113 cm³/mol. The summed E-state index contributed by atoms with van der Waals surface area (Å²) in [4.78, 5) is 29.0. The van der Waals surface area contributed by atoms with Gasteiger partial charge in [0, 0.05) is 69.0 Å². The average Bonchev–Trinajstić information content (AvgIpc) is 3.40. The van der Waals surface area contributed by atoms with Gasteiger partial charge < -0.3 is 19.9 Å². The molecular weight excluding hydrogens is 382 g/mol.